The number of hydrazine groups is 1. The van der Waals surface area contributed by atoms with Gasteiger partial charge in [-0.15, -0.1) is 11.3 Å². The van der Waals surface area contributed by atoms with Gasteiger partial charge in [-0.25, -0.2) is 10.8 Å². The van der Waals surface area contributed by atoms with Crippen molar-refractivity contribution in [1.82, 2.24) is 10.3 Å². The van der Waals surface area contributed by atoms with Crippen LogP contribution >= 0.6 is 11.3 Å². The van der Waals surface area contributed by atoms with Gasteiger partial charge in [-0.05, 0) is 37.1 Å². The Labute approximate surface area is 128 Å². The number of nitrogens with one attached hydrogen (secondary N) is 2. The second-order valence-corrected chi connectivity index (χ2v) is 6.53. The number of amides is 1. The van der Waals surface area contributed by atoms with E-state index in [0.717, 1.165) is 10.6 Å². The Kier molecular flexibility index (Phi) is 4.93. The van der Waals surface area contributed by atoms with E-state index in [2.05, 4.69) is 15.7 Å². The number of anilines is 1. The number of hydrogen-bond donors (Lipinski definition) is 3. The highest BCUT2D eigenvalue weighted by Crippen LogP contribution is 2.18. The van der Waals surface area contributed by atoms with E-state index in [1.807, 2.05) is 32.9 Å². The average Bonchev–Trinajstić information content (AvgIpc) is 2.89. The highest BCUT2D eigenvalue weighted by atomic mass is 32.1. The third-order valence-corrected chi connectivity index (χ3v) is 4.07. The standard InChI is InChI=1S/C15H20N4OS/c1-9(2)13-6-11(7-14(18-13)19-16)15(20)17-8-12-5-4-10(3)21-12/h4-7,9H,8,16H2,1-3H3,(H,17,20)(H,18,19). The van der Waals surface area contributed by atoms with Crippen molar-refractivity contribution in [2.45, 2.75) is 33.2 Å². The number of nitrogen functional groups attached to an aromatic ring is 1. The summed E-state index contributed by atoms with van der Waals surface area (Å²) in [6, 6.07) is 7.53. The van der Waals surface area contributed by atoms with Gasteiger partial charge in [0.2, 0.25) is 0 Å². The Morgan fingerprint density at radius 1 is 1.38 bits per heavy atom. The first-order valence-corrected chi connectivity index (χ1v) is 7.63. The minimum Gasteiger partial charge on any atom is -0.347 e. The topological polar surface area (TPSA) is 80.0 Å². The molecule has 0 aliphatic carbocycles. The van der Waals surface area contributed by atoms with Crippen molar-refractivity contribution in [2.24, 2.45) is 5.84 Å². The van der Waals surface area contributed by atoms with Gasteiger partial charge in [-0.3, -0.25) is 4.79 Å². The minimum atomic E-state index is -0.123. The number of thiophene rings is 1. The summed E-state index contributed by atoms with van der Waals surface area (Å²) in [4.78, 5) is 19.0. The van der Waals surface area contributed by atoms with Gasteiger partial charge in [0.1, 0.15) is 5.82 Å². The van der Waals surface area contributed by atoms with Gasteiger partial charge in [0, 0.05) is 21.0 Å². The Balaban J connectivity index is 2.12. The van der Waals surface area contributed by atoms with Crippen LogP contribution in [0.25, 0.3) is 0 Å². The molecule has 0 radical (unpaired) electrons. The van der Waals surface area contributed by atoms with Gasteiger partial charge in [0.25, 0.3) is 5.91 Å². The normalized spacial score (nSPS) is 10.7. The van der Waals surface area contributed by atoms with Crippen LogP contribution in [0.1, 0.15) is 45.6 Å². The lowest BCUT2D eigenvalue weighted by atomic mass is 10.1. The molecule has 0 saturated heterocycles. The maximum atomic E-state index is 12.3. The average molecular weight is 304 g/mol. The largest absolute Gasteiger partial charge is 0.347 e. The Morgan fingerprint density at radius 2 is 2.14 bits per heavy atom. The zero-order valence-electron chi connectivity index (χ0n) is 12.4. The molecule has 0 spiro atoms. The molecule has 21 heavy (non-hydrogen) atoms. The van der Waals surface area contributed by atoms with E-state index >= 15 is 0 Å². The molecule has 0 fully saturated rings. The fourth-order valence-corrected chi connectivity index (χ4v) is 2.73. The summed E-state index contributed by atoms with van der Waals surface area (Å²) < 4.78 is 0. The summed E-state index contributed by atoms with van der Waals surface area (Å²) in [7, 11) is 0. The number of aryl methyl sites for hydroxylation is 1. The molecule has 0 bridgehead atoms. The van der Waals surface area contributed by atoms with Crippen molar-refractivity contribution in [3.8, 4) is 0 Å². The third-order valence-electron chi connectivity index (χ3n) is 3.07. The molecule has 2 rings (SSSR count). The molecule has 1 amide bonds. The van der Waals surface area contributed by atoms with Crippen LogP contribution < -0.4 is 16.6 Å². The highest BCUT2D eigenvalue weighted by Gasteiger charge is 2.11. The minimum absolute atomic E-state index is 0.123. The van der Waals surface area contributed by atoms with Crippen LogP contribution in [0.4, 0.5) is 5.82 Å². The van der Waals surface area contributed by atoms with Gasteiger partial charge in [-0.1, -0.05) is 13.8 Å². The zero-order valence-corrected chi connectivity index (χ0v) is 13.3. The van der Waals surface area contributed by atoms with Gasteiger partial charge in [-0.2, -0.15) is 0 Å². The maximum absolute atomic E-state index is 12.3. The SMILES string of the molecule is Cc1ccc(CNC(=O)c2cc(NN)nc(C(C)C)c2)s1. The van der Waals surface area contributed by atoms with E-state index in [-0.39, 0.29) is 11.8 Å². The molecule has 0 saturated carbocycles. The number of carbonyl (C=O) groups excluding carboxylic acids is 1. The number of rotatable bonds is 5. The predicted octanol–water partition coefficient (Wildman–Crippen LogP) is 2.79. The molecule has 6 heteroatoms. The lowest BCUT2D eigenvalue weighted by Gasteiger charge is -2.11. The van der Waals surface area contributed by atoms with Crippen LogP contribution in [0.2, 0.25) is 0 Å². The number of nitrogens with zero attached hydrogens (tertiary/aromatic N) is 1. The molecule has 0 aliphatic rings. The van der Waals surface area contributed by atoms with Crippen molar-refractivity contribution in [1.29, 1.82) is 0 Å². The van der Waals surface area contributed by atoms with E-state index in [4.69, 9.17) is 5.84 Å². The summed E-state index contributed by atoms with van der Waals surface area (Å²) >= 11 is 1.68. The van der Waals surface area contributed by atoms with Crippen LogP contribution in [-0.4, -0.2) is 10.9 Å². The van der Waals surface area contributed by atoms with Crippen molar-refractivity contribution < 1.29 is 4.79 Å². The van der Waals surface area contributed by atoms with E-state index < -0.39 is 0 Å². The molecule has 2 heterocycles. The van der Waals surface area contributed by atoms with Crippen molar-refractivity contribution in [3.05, 3.63) is 45.3 Å². The number of pyridine rings is 1. The van der Waals surface area contributed by atoms with E-state index in [9.17, 15) is 4.79 Å². The van der Waals surface area contributed by atoms with Crippen LogP contribution in [0, 0.1) is 6.92 Å². The molecular formula is C15H20N4OS. The first-order chi connectivity index (χ1) is 9.99. The zero-order chi connectivity index (χ0) is 15.4. The summed E-state index contributed by atoms with van der Waals surface area (Å²) in [5.41, 5.74) is 3.91. The summed E-state index contributed by atoms with van der Waals surface area (Å²) in [6.45, 7) is 6.63. The van der Waals surface area contributed by atoms with Crippen molar-refractivity contribution in [3.63, 3.8) is 0 Å². The molecule has 0 aromatic carbocycles. The molecule has 0 aliphatic heterocycles. The van der Waals surface area contributed by atoms with Crippen LogP contribution in [0.5, 0.6) is 0 Å². The monoisotopic (exact) mass is 304 g/mol. The summed E-state index contributed by atoms with van der Waals surface area (Å²) in [5, 5.41) is 2.92. The fourth-order valence-electron chi connectivity index (χ4n) is 1.90. The molecule has 2 aromatic rings. The van der Waals surface area contributed by atoms with E-state index in [1.165, 1.54) is 4.88 Å². The van der Waals surface area contributed by atoms with Crippen LogP contribution in [0.15, 0.2) is 24.3 Å². The summed E-state index contributed by atoms with van der Waals surface area (Å²) in [6.07, 6.45) is 0. The first-order valence-electron chi connectivity index (χ1n) is 6.81. The van der Waals surface area contributed by atoms with Gasteiger partial charge < -0.3 is 10.7 Å². The van der Waals surface area contributed by atoms with Crippen LogP contribution in [0.3, 0.4) is 0 Å². The molecule has 0 unspecified atom stereocenters. The second-order valence-electron chi connectivity index (χ2n) is 5.16. The smallest absolute Gasteiger partial charge is 0.251 e. The van der Waals surface area contributed by atoms with E-state index in [1.54, 1.807) is 23.5 Å². The van der Waals surface area contributed by atoms with Gasteiger partial charge >= 0.3 is 0 Å². The number of nitrogens with two attached hydrogens (primary N) is 1. The van der Waals surface area contributed by atoms with Crippen LogP contribution in [-0.2, 0) is 6.54 Å². The fraction of sp³-hybridized carbons (Fsp3) is 0.333. The predicted molar refractivity (Wildman–Crippen MR) is 86.4 cm³/mol. The molecule has 0 atom stereocenters. The lowest BCUT2D eigenvalue weighted by Crippen LogP contribution is -2.23. The maximum Gasteiger partial charge on any atom is 0.251 e. The highest BCUT2D eigenvalue weighted by molar-refractivity contribution is 7.11. The Bertz CT molecular complexity index is 636. The number of carbonyl (C=O) groups is 1. The number of aromatic nitrogens is 1. The van der Waals surface area contributed by atoms with Crippen molar-refractivity contribution in [2.75, 3.05) is 5.43 Å². The van der Waals surface area contributed by atoms with Gasteiger partial charge in [0.05, 0.1) is 6.54 Å². The lowest BCUT2D eigenvalue weighted by molar-refractivity contribution is 0.0951. The molecule has 5 nitrogen and oxygen atoms in total. The Hall–Kier alpha value is -1.92. The second kappa shape index (κ2) is 6.69. The summed E-state index contributed by atoms with van der Waals surface area (Å²) in [5.74, 6) is 6.01. The van der Waals surface area contributed by atoms with Crippen molar-refractivity contribution >= 4 is 23.1 Å². The molecule has 4 N–H and O–H groups in total. The van der Waals surface area contributed by atoms with E-state index in [0.29, 0.717) is 17.9 Å². The molecule has 112 valence electrons. The Morgan fingerprint density at radius 3 is 2.71 bits per heavy atom. The quantitative estimate of drug-likeness (QED) is 0.586. The molecule has 2 aromatic heterocycles. The molecular weight excluding hydrogens is 284 g/mol. The first kappa shape index (κ1) is 15.5. The third kappa shape index (κ3) is 4.03. The van der Waals surface area contributed by atoms with Gasteiger partial charge in [0.15, 0.2) is 0 Å². The number of hydrogen-bond acceptors (Lipinski definition) is 5.